The van der Waals surface area contributed by atoms with Gasteiger partial charge in [0, 0.05) is 19.4 Å². The number of sulfonamides is 1. The van der Waals surface area contributed by atoms with Gasteiger partial charge in [0.1, 0.15) is 10.7 Å². The van der Waals surface area contributed by atoms with Crippen LogP contribution in [-0.4, -0.2) is 27.0 Å². The van der Waals surface area contributed by atoms with E-state index >= 15 is 0 Å². The van der Waals surface area contributed by atoms with E-state index in [2.05, 4.69) is 15.0 Å². The van der Waals surface area contributed by atoms with Crippen LogP contribution in [0.15, 0.2) is 45.7 Å². The molecule has 0 radical (unpaired) electrons. The number of hydrogen-bond donors (Lipinski definition) is 2. The quantitative estimate of drug-likeness (QED) is 0.797. The molecule has 0 unspecified atom stereocenters. The molecule has 2 heterocycles. The Morgan fingerprint density at radius 1 is 1.18 bits per heavy atom. The summed E-state index contributed by atoms with van der Waals surface area (Å²) >= 11 is 0. The molecule has 0 aromatic heterocycles. The van der Waals surface area contributed by atoms with Gasteiger partial charge in [-0.3, -0.25) is 4.79 Å². The van der Waals surface area contributed by atoms with Crippen molar-refractivity contribution in [2.24, 2.45) is 4.40 Å². The maximum absolute atomic E-state index is 12.3. The second-order valence-electron chi connectivity index (χ2n) is 6.60. The topological polar surface area (TPSA) is 106 Å². The van der Waals surface area contributed by atoms with Crippen molar-refractivity contribution in [3.63, 3.8) is 0 Å². The van der Waals surface area contributed by atoms with Gasteiger partial charge in [-0.25, -0.2) is 0 Å². The van der Waals surface area contributed by atoms with E-state index in [4.69, 9.17) is 9.47 Å². The zero-order valence-electron chi connectivity index (χ0n) is 15.2. The Bertz CT molecular complexity index is 1080. The molecule has 0 saturated carbocycles. The minimum atomic E-state index is -3.75. The van der Waals surface area contributed by atoms with E-state index in [9.17, 15) is 13.2 Å². The van der Waals surface area contributed by atoms with Crippen molar-refractivity contribution in [3.8, 4) is 11.5 Å². The highest BCUT2D eigenvalue weighted by molar-refractivity contribution is 7.90. The summed E-state index contributed by atoms with van der Waals surface area (Å²) in [6, 6.07) is 10.5. The van der Waals surface area contributed by atoms with E-state index in [-0.39, 0.29) is 36.3 Å². The number of hydrogen-bond acceptors (Lipinski definition) is 6. The second-order valence-corrected chi connectivity index (χ2v) is 8.17. The van der Waals surface area contributed by atoms with Crippen molar-refractivity contribution in [2.45, 2.75) is 31.2 Å². The lowest BCUT2D eigenvalue weighted by Crippen LogP contribution is -2.26. The summed E-state index contributed by atoms with van der Waals surface area (Å²) in [4.78, 5) is 12.3. The van der Waals surface area contributed by atoms with Crippen LogP contribution in [0.1, 0.15) is 24.0 Å². The van der Waals surface area contributed by atoms with Gasteiger partial charge in [-0.05, 0) is 42.3 Å². The minimum Gasteiger partial charge on any atom is -0.454 e. The van der Waals surface area contributed by atoms with E-state index in [1.165, 1.54) is 6.07 Å². The first-order valence-corrected chi connectivity index (χ1v) is 10.2. The largest absolute Gasteiger partial charge is 0.454 e. The van der Waals surface area contributed by atoms with E-state index in [0.717, 1.165) is 11.1 Å². The fourth-order valence-electron chi connectivity index (χ4n) is 3.02. The van der Waals surface area contributed by atoms with Crippen LogP contribution in [-0.2, 0) is 21.4 Å². The summed E-state index contributed by atoms with van der Waals surface area (Å²) in [5.41, 5.74) is 2.31. The Morgan fingerprint density at radius 2 is 2.00 bits per heavy atom. The van der Waals surface area contributed by atoms with Gasteiger partial charge in [0.15, 0.2) is 11.5 Å². The smallest absolute Gasteiger partial charge is 0.286 e. The molecule has 2 aliphatic heterocycles. The number of aryl methyl sites for hydroxylation is 1. The highest BCUT2D eigenvalue weighted by Crippen LogP contribution is 2.32. The molecular formula is C19H19N3O5S. The third kappa shape index (κ3) is 3.79. The number of nitrogens with one attached hydrogen (secondary N) is 2. The number of amides is 1. The summed E-state index contributed by atoms with van der Waals surface area (Å²) in [7, 11) is -3.75. The summed E-state index contributed by atoms with van der Waals surface area (Å²) < 4.78 is 38.9. The molecule has 2 aromatic rings. The van der Waals surface area contributed by atoms with Crippen LogP contribution >= 0.6 is 0 Å². The first kappa shape index (κ1) is 18.3. The van der Waals surface area contributed by atoms with Crippen LogP contribution < -0.4 is 20.1 Å². The van der Waals surface area contributed by atoms with Gasteiger partial charge in [0.05, 0.1) is 5.69 Å². The molecule has 9 heteroatoms. The van der Waals surface area contributed by atoms with E-state index < -0.39 is 10.0 Å². The molecule has 0 aliphatic carbocycles. The fraction of sp³-hybridized carbons (Fsp3) is 0.263. The predicted molar refractivity (Wildman–Crippen MR) is 103 cm³/mol. The standard InChI is InChI=1S/C19H19N3O5S/c1-12-2-5-17-14(8-12)21-18(22-28(17,24)25)6-7-19(23)20-10-13-3-4-15-16(9-13)27-11-26-15/h2-5,8-9H,6-7,10-11H2,1H3,(H,20,23)(H,21,22). The molecule has 2 aliphatic rings. The Kier molecular flexibility index (Phi) is 4.68. The van der Waals surface area contributed by atoms with Gasteiger partial charge >= 0.3 is 0 Å². The number of benzene rings is 2. The van der Waals surface area contributed by atoms with Gasteiger partial charge in [-0.15, -0.1) is 4.40 Å². The van der Waals surface area contributed by atoms with Gasteiger partial charge in [0.25, 0.3) is 10.0 Å². The van der Waals surface area contributed by atoms with Crippen LogP contribution in [0.3, 0.4) is 0 Å². The number of fused-ring (bicyclic) bond motifs is 2. The van der Waals surface area contributed by atoms with E-state index in [0.29, 0.717) is 23.7 Å². The van der Waals surface area contributed by atoms with Crippen molar-refractivity contribution in [1.29, 1.82) is 0 Å². The molecular weight excluding hydrogens is 382 g/mol. The van der Waals surface area contributed by atoms with Crippen molar-refractivity contribution < 1.29 is 22.7 Å². The molecule has 0 bridgehead atoms. The Morgan fingerprint density at radius 3 is 2.86 bits per heavy atom. The molecule has 0 saturated heterocycles. The lowest BCUT2D eigenvalue weighted by atomic mass is 10.2. The minimum absolute atomic E-state index is 0.118. The molecule has 0 fully saturated rings. The fourth-order valence-corrected chi connectivity index (χ4v) is 4.17. The van der Waals surface area contributed by atoms with Crippen molar-refractivity contribution >= 4 is 27.5 Å². The molecule has 4 rings (SSSR count). The highest BCUT2D eigenvalue weighted by atomic mass is 32.2. The van der Waals surface area contributed by atoms with Crippen LogP contribution in [0.5, 0.6) is 11.5 Å². The number of amidine groups is 1. The number of ether oxygens (including phenoxy) is 2. The SMILES string of the molecule is Cc1ccc2c(c1)NC(CCC(=O)NCc1ccc3c(c1)OCO3)=NS2(=O)=O. The van der Waals surface area contributed by atoms with Crippen molar-refractivity contribution in [1.82, 2.24) is 5.32 Å². The molecule has 28 heavy (non-hydrogen) atoms. The predicted octanol–water partition coefficient (Wildman–Crippen LogP) is 2.33. The van der Waals surface area contributed by atoms with Gasteiger partial charge in [0.2, 0.25) is 12.7 Å². The van der Waals surface area contributed by atoms with Crippen LogP contribution in [0.25, 0.3) is 0 Å². The number of rotatable bonds is 5. The molecule has 0 spiro atoms. The van der Waals surface area contributed by atoms with Crippen LogP contribution in [0.4, 0.5) is 5.69 Å². The lowest BCUT2D eigenvalue weighted by Gasteiger charge is -2.18. The van der Waals surface area contributed by atoms with Gasteiger partial charge < -0.3 is 20.1 Å². The normalized spacial score (nSPS) is 16.0. The Labute approximate surface area is 162 Å². The second kappa shape index (κ2) is 7.16. The summed E-state index contributed by atoms with van der Waals surface area (Å²) in [6.45, 7) is 2.42. The summed E-state index contributed by atoms with van der Waals surface area (Å²) in [6.07, 6.45) is 0.312. The monoisotopic (exact) mass is 401 g/mol. The number of nitrogens with zero attached hydrogens (tertiary/aromatic N) is 1. The van der Waals surface area contributed by atoms with Crippen LogP contribution in [0, 0.1) is 6.92 Å². The lowest BCUT2D eigenvalue weighted by molar-refractivity contribution is -0.121. The molecule has 0 atom stereocenters. The molecule has 1 amide bonds. The highest BCUT2D eigenvalue weighted by Gasteiger charge is 2.24. The number of anilines is 1. The van der Waals surface area contributed by atoms with Crippen molar-refractivity contribution in [2.75, 3.05) is 12.1 Å². The van der Waals surface area contributed by atoms with E-state index in [1.54, 1.807) is 18.2 Å². The average Bonchev–Trinajstić information content (AvgIpc) is 3.11. The maximum Gasteiger partial charge on any atom is 0.286 e. The molecule has 146 valence electrons. The summed E-state index contributed by atoms with van der Waals surface area (Å²) in [5.74, 6) is 1.41. The average molecular weight is 401 g/mol. The maximum atomic E-state index is 12.3. The first-order chi connectivity index (χ1) is 13.4. The third-order valence-corrected chi connectivity index (χ3v) is 5.81. The first-order valence-electron chi connectivity index (χ1n) is 8.77. The zero-order chi connectivity index (χ0) is 19.7. The molecule has 2 aromatic carbocycles. The number of carbonyl (C=O) groups is 1. The van der Waals surface area contributed by atoms with Gasteiger partial charge in [-0.2, -0.15) is 8.42 Å². The van der Waals surface area contributed by atoms with Crippen molar-refractivity contribution in [3.05, 3.63) is 47.5 Å². The van der Waals surface area contributed by atoms with E-state index in [1.807, 2.05) is 19.1 Å². The Balaban J connectivity index is 1.34. The molecule has 2 N–H and O–H groups in total. The third-order valence-electron chi connectivity index (χ3n) is 4.44. The van der Waals surface area contributed by atoms with Crippen LogP contribution in [0.2, 0.25) is 0 Å². The molecule has 8 nitrogen and oxygen atoms in total. The summed E-state index contributed by atoms with van der Waals surface area (Å²) in [5, 5.41) is 5.82. The van der Waals surface area contributed by atoms with Gasteiger partial charge in [-0.1, -0.05) is 12.1 Å². The number of carbonyl (C=O) groups excluding carboxylic acids is 1. The zero-order valence-corrected chi connectivity index (χ0v) is 16.0. The Hall–Kier alpha value is -3.07.